The fourth-order valence-electron chi connectivity index (χ4n) is 2.84. The summed E-state index contributed by atoms with van der Waals surface area (Å²) in [4.78, 5) is 24.5. The predicted molar refractivity (Wildman–Crippen MR) is 125 cm³/mol. The van der Waals surface area contributed by atoms with Crippen molar-refractivity contribution in [3.63, 3.8) is 0 Å². The molecule has 3 aromatic rings. The van der Waals surface area contributed by atoms with E-state index in [1.165, 1.54) is 0 Å². The molecular weight excluding hydrogens is 394 g/mol. The van der Waals surface area contributed by atoms with Crippen LogP contribution in [0.1, 0.15) is 27.9 Å². The number of benzene rings is 3. The maximum Gasteiger partial charge on any atom is 0.257 e. The third kappa shape index (κ3) is 6.53. The largest absolute Gasteiger partial charge is 0.332 e. The highest BCUT2D eigenvalue weighted by molar-refractivity contribution is 7.80. The van der Waals surface area contributed by atoms with E-state index in [0.717, 1.165) is 11.1 Å². The van der Waals surface area contributed by atoms with Crippen LogP contribution in [0.15, 0.2) is 78.9 Å². The Morgan fingerprint density at radius 1 is 0.833 bits per heavy atom. The zero-order chi connectivity index (χ0) is 21.3. The number of hydrogen-bond donors (Lipinski definition) is 3. The van der Waals surface area contributed by atoms with E-state index >= 15 is 0 Å². The molecule has 0 aliphatic heterocycles. The minimum Gasteiger partial charge on any atom is -0.332 e. The van der Waals surface area contributed by atoms with Gasteiger partial charge >= 0.3 is 0 Å². The van der Waals surface area contributed by atoms with E-state index in [2.05, 4.69) is 16.0 Å². The fraction of sp³-hybridized carbons (Fsp3) is 0.125. The normalized spacial score (nSPS) is 10.2. The molecular formula is C24H23N3O2S. The first-order chi connectivity index (χ1) is 14.5. The number of rotatable bonds is 6. The molecule has 0 bridgehead atoms. The monoisotopic (exact) mass is 417 g/mol. The first-order valence-electron chi connectivity index (χ1n) is 9.62. The van der Waals surface area contributed by atoms with Crippen LogP contribution in [-0.2, 0) is 11.2 Å². The lowest BCUT2D eigenvalue weighted by atomic mass is 10.1. The van der Waals surface area contributed by atoms with Crippen molar-refractivity contribution < 1.29 is 9.59 Å². The minimum atomic E-state index is -0.280. The number of amides is 2. The van der Waals surface area contributed by atoms with Crippen molar-refractivity contribution >= 4 is 40.5 Å². The zero-order valence-electron chi connectivity index (χ0n) is 16.6. The van der Waals surface area contributed by atoms with E-state index < -0.39 is 0 Å². The third-order valence-electron chi connectivity index (χ3n) is 4.43. The van der Waals surface area contributed by atoms with Crippen LogP contribution >= 0.6 is 12.2 Å². The number of carbonyl (C=O) groups excluding carboxylic acids is 2. The van der Waals surface area contributed by atoms with Crippen LogP contribution in [0.4, 0.5) is 11.4 Å². The Morgan fingerprint density at radius 2 is 1.50 bits per heavy atom. The van der Waals surface area contributed by atoms with Gasteiger partial charge in [0.05, 0.1) is 0 Å². The van der Waals surface area contributed by atoms with Crippen molar-refractivity contribution in [2.24, 2.45) is 0 Å². The van der Waals surface area contributed by atoms with E-state index in [4.69, 9.17) is 12.2 Å². The van der Waals surface area contributed by atoms with Gasteiger partial charge in [-0.05, 0) is 61.5 Å². The molecule has 3 N–H and O–H groups in total. The summed E-state index contributed by atoms with van der Waals surface area (Å²) >= 11 is 5.23. The van der Waals surface area contributed by atoms with Gasteiger partial charge in [-0.2, -0.15) is 0 Å². The highest BCUT2D eigenvalue weighted by Gasteiger charge is 2.09. The second-order valence-corrected chi connectivity index (χ2v) is 7.30. The van der Waals surface area contributed by atoms with Gasteiger partial charge in [-0.3, -0.25) is 14.9 Å². The molecule has 30 heavy (non-hydrogen) atoms. The highest BCUT2D eigenvalue weighted by atomic mass is 32.1. The number of nitrogens with one attached hydrogen (secondary N) is 3. The van der Waals surface area contributed by atoms with Crippen molar-refractivity contribution in [3.05, 3.63) is 95.6 Å². The first kappa shape index (κ1) is 21.2. The first-order valence-corrected chi connectivity index (χ1v) is 10.0. The molecule has 2 amide bonds. The minimum absolute atomic E-state index is 0.0637. The fourth-order valence-corrected chi connectivity index (χ4v) is 3.05. The Balaban J connectivity index is 1.51. The van der Waals surface area contributed by atoms with Crippen LogP contribution in [0.3, 0.4) is 0 Å². The Bertz CT molecular complexity index is 1030. The van der Waals surface area contributed by atoms with Crippen LogP contribution in [-0.4, -0.2) is 16.9 Å². The summed E-state index contributed by atoms with van der Waals surface area (Å²) in [7, 11) is 0. The van der Waals surface area contributed by atoms with Crippen LogP contribution in [0.2, 0.25) is 0 Å². The van der Waals surface area contributed by atoms with Crippen molar-refractivity contribution in [2.75, 3.05) is 10.6 Å². The Hall–Kier alpha value is -3.51. The lowest BCUT2D eigenvalue weighted by Gasteiger charge is -2.11. The second kappa shape index (κ2) is 10.3. The molecule has 0 aliphatic rings. The summed E-state index contributed by atoms with van der Waals surface area (Å²) in [6.45, 7) is 1.96. The van der Waals surface area contributed by atoms with Gasteiger partial charge in [-0.15, -0.1) is 0 Å². The number of aryl methyl sites for hydroxylation is 2. The van der Waals surface area contributed by atoms with Gasteiger partial charge in [0.2, 0.25) is 5.91 Å². The Kier molecular flexibility index (Phi) is 7.29. The molecule has 5 nitrogen and oxygen atoms in total. The van der Waals surface area contributed by atoms with Gasteiger partial charge in [0.25, 0.3) is 5.91 Å². The quantitative estimate of drug-likeness (QED) is 0.509. The van der Waals surface area contributed by atoms with E-state index in [9.17, 15) is 9.59 Å². The lowest BCUT2D eigenvalue weighted by Crippen LogP contribution is -2.34. The van der Waals surface area contributed by atoms with Crippen molar-refractivity contribution in [2.45, 2.75) is 19.8 Å². The zero-order valence-corrected chi connectivity index (χ0v) is 17.5. The standard InChI is InChI=1S/C24H23N3O2S/c1-17-10-13-19(14-11-17)23(29)27-24(30)26-21-9-5-8-20(16-21)25-22(28)15-12-18-6-3-2-4-7-18/h2-11,13-14,16H,12,15H2,1H3,(H,25,28)(H2,26,27,29,30). The average Bonchev–Trinajstić information content (AvgIpc) is 2.73. The van der Waals surface area contributed by atoms with Gasteiger partial charge in [0.15, 0.2) is 5.11 Å². The summed E-state index contributed by atoms with van der Waals surface area (Å²) in [5.41, 5.74) is 4.06. The molecule has 3 aromatic carbocycles. The molecule has 152 valence electrons. The van der Waals surface area contributed by atoms with E-state index in [1.807, 2.05) is 55.5 Å². The summed E-state index contributed by atoms with van der Waals surface area (Å²) in [5, 5.41) is 8.71. The molecule has 0 saturated carbocycles. The molecule has 0 aromatic heterocycles. The summed E-state index contributed by atoms with van der Waals surface area (Å²) in [5.74, 6) is -0.343. The Morgan fingerprint density at radius 3 is 2.20 bits per heavy atom. The summed E-state index contributed by atoms with van der Waals surface area (Å²) in [6, 6.07) is 24.3. The molecule has 0 spiro atoms. The molecule has 0 heterocycles. The maximum absolute atomic E-state index is 12.3. The molecule has 0 radical (unpaired) electrons. The molecule has 3 rings (SSSR count). The predicted octanol–water partition coefficient (Wildman–Crippen LogP) is 4.69. The summed E-state index contributed by atoms with van der Waals surface area (Å²) in [6.07, 6.45) is 1.08. The van der Waals surface area contributed by atoms with Gasteiger partial charge < -0.3 is 10.6 Å². The number of carbonyl (C=O) groups is 2. The molecule has 6 heteroatoms. The van der Waals surface area contributed by atoms with Gasteiger partial charge in [0.1, 0.15) is 0 Å². The molecule has 0 atom stereocenters. The topological polar surface area (TPSA) is 70.2 Å². The maximum atomic E-state index is 12.3. The number of anilines is 2. The SMILES string of the molecule is Cc1ccc(C(=O)NC(=S)Nc2cccc(NC(=O)CCc3ccccc3)c2)cc1. The molecule has 0 fully saturated rings. The van der Waals surface area contributed by atoms with Gasteiger partial charge in [0, 0.05) is 23.4 Å². The molecule has 0 saturated heterocycles. The van der Waals surface area contributed by atoms with E-state index in [-0.39, 0.29) is 16.9 Å². The van der Waals surface area contributed by atoms with Crippen LogP contribution < -0.4 is 16.0 Å². The van der Waals surface area contributed by atoms with Crippen LogP contribution in [0.25, 0.3) is 0 Å². The van der Waals surface area contributed by atoms with Crippen LogP contribution in [0.5, 0.6) is 0 Å². The highest BCUT2D eigenvalue weighted by Crippen LogP contribution is 2.16. The second-order valence-electron chi connectivity index (χ2n) is 6.89. The van der Waals surface area contributed by atoms with E-state index in [0.29, 0.717) is 29.8 Å². The van der Waals surface area contributed by atoms with E-state index in [1.54, 1.807) is 30.3 Å². The number of hydrogen-bond acceptors (Lipinski definition) is 3. The third-order valence-corrected chi connectivity index (χ3v) is 4.63. The Labute approximate surface area is 181 Å². The van der Waals surface area contributed by atoms with Crippen LogP contribution in [0, 0.1) is 6.92 Å². The van der Waals surface area contributed by atoms with Crippen molar-refractivity contribution in [1.29, 1.82) is 0 Å². The van der Waals surface area contributed by atoms with Crippen molar-refractivity contribution in [3.8, 4) is 0 Å². The lowest BCUT2D eigenvalue weighted by molar-refractivity contribution is -0.116. The van der Waals surface area contributed by atoms with Crippen molar-refractivity contribution in [1.82, 2.24) is 5.32 Å². The molecule has 0 aliphatic carbocycles. The number of thiocarbonyl (C=S) groups is 1. The van der Waals surface area contributed by atoms with Gasteiger partial charge in [-0.25, -0.2) is 0 Å². The molecule has 0 unspecified atom stereocenters. The summed E-state index contributed by atoms with van der Waals surface area (Å²) < 4.78 is 0. The smallest absolute Gasteiger partial charge is 0.257 e. The average molecular weight is 418 g/mol. The van der Waals surface area contributed by atoms with Gasteiger partial charge in [-0.1, -0.05) is 54.1 Å².